The molecule has 1 saturated heterocycles. The normalized spacial score (nSPS) is 23.7. The second kappa shape index (κ2) is 8.29. The number of aromatic nitrogens is 3. The predicted octanol–water partition coefficient (Wildman–Crippen LogP) is 5.11. The molecule has 3 fully saturated rings. The van der Waals surface area contributed by atoms with Crippen LogP contribution in [0.1, 0.15) is 32.6 Å². The summed E-state index contributed by atoms with van der Waals surface area (Å²) in [4.78, 5) is 14.2. The molecule has 2 saturated carbocycles. The number of benzene rings is 1. The average Bonchev–Trinajstić information content (AvgIpc) is 3.11. The van der Waals surface area contributed by atoms with E-state index in [1.165, 1.54) is 54.3 Å². The van der Waals surface area contributed by atoms with Crippen LogP contribution in [-0.2, 0) is 7.05 Å². The van der Waals surface area contributed by atoms with E-state index in [0.717, 1.165) is 35.9 Å². The Morgan fingerprint density at radius 2 is 1.78 bits per heavy atom. The average molecular weight is 482 g/mol. The maximum absolute atomic E-state index is 6.23. The number of likely N-dealkylation sites (tertiary alicyclic amines) is 1. The summed E-state index contributed by atoms with van der Waals surface area (Å²) in [5.41, 5.74) is 5.33. The van der Waals surface area contributed by atoms with Gasteiger partial charge >= 0.3 is 0 Å². The van der Waals surface area contributed by atoms with Gasteiger partial charge in [0.05, 0.1) is 5.52 Å². The quantitative estimate of drug-likeness (QED) is 0.383. The minimum atomic E-state index is 0.282. The number of ether oxygens (including phenoxy) is 1. The maximum Gasteiger partial charge on any atom is 0.213 e. The number of nitrogens with zero attached hydrogens (tertiary/aromatic N) is 5. The molecule has 0 N–H and O–H groups in total. The number of fused-ring (bicyclic) bond motifs is 3. The molecule has 0 unspecified atom stereocenters. The third-order valence-electron chi connectivity index (χ3n) is 9.29. The van der Waals surface area contributed by atoms with E-state index in [9.17, 15) is 0 Å². The first-order chi connectivity index (χ1) is 17.5. The Hall–Kier alpha value is -2.96. The molecule has 4 heterocycles. The second-order valence-corrected chi connectivity index (χ2v) is 11.5. The van der Waals surface area contributed by atoms with Crippen molar-refractivity contribution < 1.29 is 4.74 Å². The van der Waals surface area contributed by atoms with E-state index in [1.54, 1.807) is 0 Å². The maximum atomic E-state index is 6.23. The molecule has 2 aliphatic carbocycles. The molecule has 7 rings (SSSR count). The molecule has 3 aliphatic rings. The van der Waals surface area contributed by atoms with E-state index in [0.29, 0.717) is 11.5 Å². The van der Waals surface area contributed by atoms with Gasteiger partial charge in [-0.3, -0.25) is 4.98 Å². The molecule has 0 radical (unpaired) electrons. The highest BCUT2D eigenvalue weighted by Gasteiger charge is 2.54. The summed E-state index contributed by atoms with van der Waals surface area (Å²) in [5, 5.41) is 2.42. The van der Waals surface area contributed by atoms with E-state index in [4.69, 9.17) is 4.74 Å². The molecule has 1 aromatic carbocycles. The zero-order valence-electron chi connectivity index (χ0n) is 21.5. The third-order valence-corrected chi connectivity index (χ3v) is 9.29. The van der Waals surface area contributed by atoms with Gasteiger partial charge in [0, 0.05) is 91.6 Å². The minimum Gasteiger partial charge on any atom is -0.474 e. The van der Waals surface area contributed by atoms with Crippen molar-refractivity contribution in [3.8, 4) is 17.0 Å². The van der Waals surface area contributed by atoms with Gasteiger partial charge in [-0.2, -0.15) is 0 Å². The highest BCUT2D eigenvalue weighted by atomic mass is 16.5. The van der Waals surface area contributed by atoms with Gasteiger partial charge < -0.3 is 19.1 Å². The van der Waals surface area contributed by atoms with Crippen molar-refractivity contribution in [1.29, 1.82) is 0 Å². The standard InChI is InChI=1S/C30H35N5O/c1-4-35-18-30(19-35)14-23(15-30)33(2)22-12-24(13-22)36-29-8-6-21(16-32-29)20-5-7-25-26-17-31-10-9-27(26)34(3)28(25)11-20/h5-11,16-17,22-24H,4,12-15,18-19H2,1-3H3/t22-,24-. The lowest BCUT2D eigenvalue weighted by Gasteiger charge is -2.62. The molecular weight excluding hydrogens is 446 g/mol. The molecule has 0 bridgehead atoms. The fourth-order valence-electron chi connectivity index (χ4n) is 6.90. The Balaban J connectivity index is 0.962. The lowest BCUT2D eigenvalue weighted by molar-refractivity contribution is -0.122. The largest absolute Gasteiger partial charge is 0.474 e. The molecule has 1 aliphatic heterocycles. The van der Waals surface area contributed by atoms with E-state index < -0.39 is 0 Å². The third kappa shape index (κ3) is 3.53. The van der Waals surface area contributed by atoms with Crippen LogP contribution in [0.4, 0.5) is 0 Å². The van der Waals surface area contributed by atoms with Gasteiger partial charge in [-0.1, -0.05) is 19.1 Å². The van der Waals surface area contributed by atoms with Gasteiger partial charge in [-0.05, 0) is 55.6 Å². The summed E-state index contributed by atoms with van der Waals surface area (Å²) in [7, 11) is 4.44. The van der Waals surface area contributed by atoms with Crippen molar-refractivity contribution in [1.82, 2.24) is 24.3 Å². The molecule has 6 heteroatoms. The predicted molar refractivity (Wildman–Crippen MR) is 144 cm³/mol. The van der Waals surface area contributed by atoms with Crippen molar-refractivity contribution >= 4 is 21.8 Å². The highest BCUT2D eigenvalue weighted by Crippen LogP contribution is 2.51. The molecule has 4 aromatic rings. The van der Waals surface area contributed by atoms with Crippen molar-refractivity contribution in [2.75, 3.05) is 26.7 Å². The van der Waals surface area contributed by atoms with Crippen molar-refractivity contribution in [2.45, 2.75) is 50.8 Å². The zero-order valence-corrected chi connectivity index (χ0v) is 21.5. The molecular formula is C30H35N5O. The Bertz CT molecular complexity index is 1410. The van der Waals surface area contributed by atoms with Crippen LogP contribution in [0.25, 0.3) is 32.9 Å². The van der Waals surface area contributed by atoms with Crippen LogP contribution in [-0.4, -0.2) is 69.2 Å². The monoisotopic (exact) mass is 481 g/mol. The van der Waals surface area contributed by atoms with E-state index >= 15 is 0 Å². The van der Waals surface area contributed by atoms with Crippen LogP contribution >= 0.6 is 0 Å². The Kier molecular flexibility index (Phi) is 5.12. The smallest absolute Gasteiger partial charge is 0.213 e. The minimum absolute atomic E-state index is 0.282. The Morgan fingerprint density at radius 1 is 0.972 bits per heavy atom. The van der Waals surface area contributed by atoms with Gasteiger partial charge in [-0.15, -0.1) is 0 Å². The van der Waals surface area contributed by atoms with Crippen LogP contribution in [0, 0.1) is 5.41 Å². The van der Waals surface area contributed by atoms with Gasteiger partial charge in [0.2, 0.25) is 5.88 Å². The van der Waals surface area contributed by atoms with Crippen LogP contribution in [0.5, 0.6) is 5.88 Å². The molecule has 0 atom stereocenters. The topological polar surface area (TPSA) is 46.4 Å². The number of hydrogen-bond acceptors (Lipinski definition) is 5. The van der Waals surface area contributed by atoms with Gasteiger partial charge in [0.25, 0.3) is 0 Å². The van der Waals surface area contributed by atoms with Crippen LogP contribution in [0.2, 0.25) is 0 Å². The number of aryl methyl sites for hydroxylation is 1. The second-order valence-electron chi connectivity index (χ2n) is 11.5. The summed E-state index contributed by atoms with van der Waals surface area (Å²) in [6.45, 7) is 6.11. The van der Waals surface area contributed by atoms with Crippen molar-refractivity contribution in [3.05, 3.63) is 55.0 Å². The number of rotatable bonds is 6. The van der Waals surface area contributed by atoms with E-state index in [1.807, 2.05) is 24.7 Å². The Labute approximate surface area is 212 Å². The van der Waals surface area contributed by atoms with Crippen LogP contribution in [0.15, 0.2) is 55.0 Å². The lowest BCUT2D eigenvalue weighted by Crippen LogP contribution is -2.67. The van der Waals surface area contributed by atoms with Gasteiger partial charge in [0.15, 0.2) is 0 Å². The van der Waals surface area contributed by atoms with Gasteiger partial charge in [0.1, 0.15) is 6.10 Å². The van der Waals surface area contributed by atoms with Crippen LogP contribution < -0.4 is 4.74 Å². The molecule has 36 heavy (non-hydrogen) atoms. The summed E-state index contributed by atoms with van der Waals surface area (Å²) in [5.74, 6) is 0.735. The highest BCUT2D eigenvalue weighted by molar-refractivity contribution is 6.08. The molecule has 6 nitrogen and oxygen atoms in total. The first-order valence-corrected chi connectivity index (χ1v) is 13.4. The summed E-state index contributed by atoms with van der Waals surface area (Å²) < 4.78 is 8.46. The lowest BCUT2D eigenvalue weighted by atomic mass is 9.60. The van der Waals surface area contributed by atoms with E-state index in [-0.39, 0.29) is 6.10 Å². The number of pyridine rings is 2. The first-order valence-electron chi connectivity index (χ1n) is 13.4. The molecule has 186 valence electrons. The van der Waals surface area contributed by atoms with Crippen molar-refractivity contribution in [3.63, 3.8) is 0 Å². The Morgan fingerprint density at radius 3 is 2.53 bits per heavy atom. The zero-order chi connectivity index (χ0) is 24.4. The van der Waals surface area contributed by atoms with Crippen molar-refractivity contribution in [2.24, 2.45) is 12.5 Å². The summed E-state index contributed by atoms with van der Waals surface area (Å²) >= 11 is 0. The summed E-state index contributed by atoms with van der Waals surface area (Å²) in [6.07, 6.45) is 11.0. The van der Waals surface area contributed by atoms with Crippen LogP contribution in [0.3, 0.4) is 0 Å². The first kappa shape index (κ1) is 22.3. The number of hydrogen-bond donors (Lipinski definition) is 0. The summed E-state index contributed by atoms with van der Waals surface area (Å²) in [6, 6.07) is 14.3. The fourth-order valence-corrected chi connectivity index (χ4v) is 6.90. The fraction of sp³-hybridized carbons (Fsp3) is 0.467. The molecule has 0 amide bonds. The van der Waals surface area contributed by atoms with Gasteiger partial charge in [-0.25, -0.2) is 4.98 Å². The molecule has 1 spiro atoms. The molecule has 3 aromatic heterocycles. The SMILES string of the molecule is CCN1CC2(CC(N(C)[C@H]3C[C@H](Oc4ccc(-c5ccc6c7cnccc7n(C)c6c5)cn4)C3)C2)C1. The van der Waals surface area contributed by atoms with E-state index in [2.05, 4.69) is 75.7 Å².